The van der Waals surface area contributed by atoms with Gasteiger partial charge in [0.15, 0.2) is 0 Å². The Hall–Kier alpha value is -4.33. The number of benzene rings is 2. The zero-order valence-corrected chi connectivity index (χ0v) is 19.1. The predicted molar refractivity (Wildman–Crippen MR) is 126 cm³/mol. The molecule has 0 radical (unpaired) electrons. The van der Waals surface area contributed by atoms with Gasteiger partial charge in [0.1, 0.15) is 0 Å². The first-order valence-corrected chi connectivity index (χ1v) is 10.8. The number of imide groups is 1. The summed E-state index contributed by atoms with van der Waals surface area (Å²) in [7, 11) is 0. The molecule has 8 heteroatoms. The molecule has 8 nitrogen and oxygen atoms in total. The molecule has 172 valence electrons. The normalized spacial score (nSPS) is 13.0. The Bertz CT molecular complexity index is 1300. The molecule has 1 aromatic heterocycles. The van der Waals surface area contributed by atoms with Crippen molar-refractivity contribution in [3.8, 4) is 0 Å². The first-order valence-electron chi connectivity index (χ1n) is 10.8. The molecular formula is C26H24N4O4. The van der Waals surface area contributed by atoms with E-state index in [4.69, 9.17) is 0 Å². The van der Waals surface area contributed by atoms with Crippen LogP contribution in [-0.4, -0.2) is 39.1 Å². The fourth-order valence-electron chi connectivity index (χ4n) is 3.74. The molecule has 0 saturated carbocycles. The topological polar surface area (TPSA) is 108 Å². The highest BCUT2D eigenvalue weighted by molar-refractivity contribution is 6.22. The van der Waals surface area contributed by atoms with Gasteiger partial charge in [-0.15, -0.1) is 0 Å². The summed E-state index contributed by atoms with van der Waals surface area (Å²) in [5.41, 5.74) is 1.97. The first kappa shape index (κ1) is 22.8. The molecule has 0 spiro atoms. The number of fused-ring (bicyclic) bond motifs is 1. The molecule has 0 unspecified atom stereocenters. The summed E-state index contributed by atoms with van der Waals surface area (Å²) in [5, 5.41) is 5.62. The third-order valence-electron chi connectivity index (χ3n) is 5.38. The van der Waals surface area contributed by atoms with Crippen LogP contribution in [0, 0.1) is 0 Å². The van der Waals surface area contributed by atoms with Crippen LogP contribution in [-0.2, 0) is 6.54 Å². The minimum absolute atomic E-state index is 0.216. The lowest BCUT2D eigenvalue weighted by Crippen LogP contribution is -2.45. The standard InChI is InChI=1S/C26H24N4O4/c1-26(2,3)30-24(33)20-10-9-17(13-21(20)25(30)34)22(31)28-14-16-6-4-8-19(12-16)29-23(32)18-7-5-11-27-15-18/h4-13,15H,14H2,1-3H3,(H,28,31)(H,29,32). The smallest absolute Gasteiger partial charge is 0.262 e. The largest absolute Gasteiger partial charge is 0.348 e. The molecule has 1 aliphatic rings. The van der Waals surface area contributed by atoms with Gasteiger partial charge in [-0.25, -0.2) is 0 Å². The van der Waals surface area contributed by atoms with Crippen LogP contribution >= 0.6 is 0 Å². The Balaban J connectivity index is 1.43. The third-order valence-corrected chi connectivity index (χ3v) is 5.38. The number of carbonyl (C=O) groups excluding carboxylic acids is 4. The summed E-state index contributed by atoms with van der Waals surface area (Å²) in [5.74, 6) is -1.41. The Morgan fingerprint density at radius 3 is 2.35 bits per heavy atom. The molecule has 0 saturated heterocycles. The second kappa shape index (κ2) is 8.90. The van der Waals surface area contributed by atoms with Crippen LogP contribution in [0.25, 0.3) is 0 Å². The van der Waals surface area contributed by atoms with Crippen LogP contribution in [0.15, 0.2) is 67.0 Å². The average molecular weight is 457 g/mol. The number of rotatable bonds is 5. The Morgan fingerprint density at radius 1 is 0.882 bits per heavy atom. The molecular weight excluding hydrogens is 432 g/mol. The number of hydrogen-bond acceptors (Lipinski definition) is 5. The van der Waals surface area contributed by atoms with Gasteiger partial charge in [-0.2, -0.15) is 0 Å². The van der Waals surface area contributed by atoms with Crippen molar-refractivity contribution in [2.24, 2.45) is 0 Å². The average Bonchev–Trinajstić information content (AvgIpc) is 3.07. The van der Waals surface area contributed by atoms with Gasteiger partial charge in [-0.3, -0.25) is 29.1 Å². The minimum atomic E-state index is -0.660. The summed E-state index contributed by atoms with van der Waals surface area (Å²) < 4.78 is 0. The van der Waals surface area contributed by atoms with Crippen molar-refractivity contribution in [3.63, 3.8) is 0 Å². The zero-order valence-electron chi connectivity index (χ0n) is 19.1. The van der Waals surface area contributed by atoms with Crippen LogP contribution < -0.4 is 10.6 Å². The zero-order chi connectivity index (χ0) is 24.5. The van der Waals surface area contributed by atoms with Crippen LogP contribution in [0.5, 0.6) is 0 Å². The maximum Gasteiger partial charge on any atom is 0.262 e. The molecule has 1 aliphatic heterocycles. The van der Waals surface area contributed by atoms with Crippen molar-refractivity contribution < 1.29 is 19.2 Å². The monoisotopic (exact) mass is 456 g/mol. The molecule has 0 bridgehead atoms. The fourth-order valence-corrected chi connectivity index (χ4v) is 3.74. The van der Waals surface area contributed by atoms with Gasteiger partial charge in [-0.1, -0.05) is 12.1 Å². The second-order valence-corrected chi connectivity index (χ2v) is 8.96. The number of aromatic nitrogens is 1. The molecule has 3 aromatic rings. The highest BCUT2D eigenvalue weighted by Gasteiger charge is 2.42. The molecule has 0 atom stereocenters. The molecule has 2 aromatic carbocycles. The predicted octanol–water partition coefficient (Wildman–Crippen LogP) is 3.66. The highest BCUT2D eigenvalue weighted by atomic mass is 16.2. The van der Waals surface area contributed by atoms with Gasteiger partial charge in [-0.05, 0) is 68.8 Å². The van der Waals surface area contributed by atoms with Gasteiger partial charge in [0.05, 0.1) is 16.7 Å². The second-order valence-electron chi connectivity index (χ2n) is 8.96. The van der Waals surface area contributed by atoms with E-state index in [1.807, 2.05) is 6.07 Å². The summed E-state index contributed by atoms with van der Waals surface area (Å²) in [4.78, 5) is 55.6. The number of amides is 4. The van der Waals surface area contributed by atoms with Crippen molar-refractivity contribution in [1.29, 1.82) is 0 Å². The third kappa shape index (κ3) is 4.56. The van der Waals surface area contributed by atoms with Crippen molar-refractivity contribution in [2.75, 3.05) is 5.32 Å². The van der Waals surface area contributed by atoms with Gasteiger partial charge < -0.3 is 10.6 Å². The molecule has 4 rings (SSSR count). The molecule has 0 aliphatic carbocycles. The van der Waals surface area contributed by atoms with E-state index in [-0.39, 0.29) is 35.4 Å². The molecule has 4 amide bonds. The van der Waals surface area contributed by atoms with Gasteiger partial charge in [0, 0.05) is 35.7 Å². The van der Waals surface area contributed by atoms with Crippen molar-refractivity contribution >= 4 is 29.3 Å². The number of pyridine rings is 1. The number of carbonyl (C=O) groups is 4. The van der Waals surface area contributed by atoms with E-state index in [1.165, 1.54) is 29.3 Å². The van der Waals surface area contributed by atoms with Crippen molar-refractivity contribution in [2.45, 2.75) is 32.9 Å². The summed E-state index contributed by atoms with van der Waals surface area (Å²) >= 11 is 0. The number of hydrogen-bond donors (Lipinski definition) is 2. The summed E-state index contributed by atoms with van der Waals surface area (Å²) in [6, 6.07) is 15.0. The van der Waals surface area contributed by atoms with E-state index < -0.39 is 11.4 Å². The minimum Gasteiger partial charge on any atom is -0.348 e. The van der Waals surface area contributed by atoms with E-state index in [0.717, 1.165) is 5.56 Å². The lowest BCUT2D eigenvalue weighted by Gasteiger charge is -2.29. The van der Waals surface area contributed by atoms with Gasteiger partial charge >= 0.3 is 0 Å². The fraction of sp³-hybridized carbons (Fsp3) is 0.192. The molecule has 0 fully saturated rings. The van der Waals surface area contributed by atoms with Crippen LogP contribution in [0.2, 0.25) is 0 Å². The number of nitrogens with one attached hydrogen (secondary N) is 2. The summed E-state index contributed by atoms with van der Waals surface area (Å²) in [6.07, 6.45) is 3.07. The van der Waals surface area contributed by atoms with Crippen molar-refractivity contribution in [1.82, 2.24) is 15.2 Å². The van der Waals surface area contributed by atoms with Crippen molar-refractivity contribution in [3.05, 3.63) is 94.8 Å². The van der Waals surface area contributed by atoms with Gasteiger partial charge in [0.25, 0.3) is 23.6 Å². The maximum atomic E-state index is 12.8. The molecule has 2 heterocycles. The van der Waals surface area contributed by atoms with E-state index >= 15 is 0 Å². The van der Waals surface area contributed by atoms with Crippen LogP contribution in [0.4, 0.5) is 5.69 Å². The Morgan fingerprint density at radius 2 is 1.65 bits per heavy atom. The summed E-state index contributed by atoms with van der Waals surface area (Å²) in [6.45, 7) is 5.58. The molecule has 2 N–H and O–H groups in total. The number of anilines is 1. The first-order chi connectivity index (χ1) is 16.1. The maximum absolute atomic E-state index is 12.8. The molecule has 34 heavy (non-hydrogen) atoms. The van der Waals surface area contributed by atoms with Crippen LogP contribution in [0.1, 0.15) is 67.8 Å². The van der Waals surface area contributed by atoms with E-state index in [1.54, 1.807) is 57.3 Å². The quantitative estimate of drug-likeness (QED) is 0.570. The lowest BCUT2D eigenvalue weighted by atomic mass is 10.1. The SMILES string of the molecule is CC(C)(C)N1C(=O)c2ccc(C(=O)NCc3cccc(NC(=O)c4cccnc4)c3)cc2C1=O. The lowest BCUT2D eigenvalue weighted by molar-refractivity contribution is 0.0507. The van der Waals surface area contributed by atoms with Crippen LogP contribution in [0.3, 0.4) is 0 Å². The van der Waals surface area contributed by atoms with E-state index in [0.29, 0.717) is 16.8 Å². The van der Waals surface area contributed by atoms with E-state index in [2.05, 4.69) is 15.6 Å². The number of nitrogens with zero attached hydrogens (tertiary/aromatic N) is 2. The Kier molecular flexibility index (Phi) is 5.98. The Labute approximate surface area is 197 Å². The van der Waals surface area contributed by atoms with Gasteiger partial charge in [0.2, 0.25) is 0 Å². The highest BCUT2D eigenvalue weighted by Crippen LogP contribution is 2.29. The van der Waals surface area contributed by atoms with E-state index in [9.17, 15) is 19.2 Å².